The summed E-state index contributed by atoms with van der Waals surface area (Å²) in [6, 6.07) is 3.53. The molecule has 0 bridgehead atoms. The highest BCUT2D eigenvalue weighted by molar-refractivity contribution is 6.34. The average molecular weight is 225 g/mol. The van der Waals surface area contributed by atoms with Gasteiger partial charge in [-0.25, -0.2) is 4.98 Å². The molecule has 0 spiro atoms. The second-order valence-corrected chi connectivity index (χ2v) is 3.67. The summed E-state index contributed by atoms with van der Waals surface area (Å²) < 4.78 is 1.71. The molecule has 0 aliphatic rings. The van der Waals surface area contributed by atoms with Gasteiger partial charge in [-0.1, -0.05) is 11.6 Å². The lowest BCUT2D eigenvalue weighted by Gasteiger charge is -1.99. The number of fused-ring (bicyclic) bond motifs is 1. The Labute approximate surface area is 91.1 Å². The molecule has 0 aliphatic carbocycles. The Balaban J connectivity index is 2.68. The van der Waals surface area contributed by atoms with Crippen LogP contribution >= 0.6 is 11.6 Å². The predicted molar refractivity (Wildman–Crippen MR) is 56.3 cm³/mol. The van der Waals surface area contributed by atoms with Gasteiger partial charge < -0.3 is 9.51 Å². The first-order valence-electron chi connectivity index (χ1n) is 4.43. The van der Waals surface area contributed by atoms with Crippen molar-refractivity contribution in [3.8, 4) is 0 Å². The summed E-state index contributed by atoms with van der Waals surface area (Å²) in [4.78, 5) is 14.8. The number of halogens is 1. The van der Waals surface area contributed by atoms with E-state index in [0.717, 1.165) is 11.2 Å². The van der Waals surface area contributed by atoms with Gasteiger partial charge in [0.2, 0.25) is 0 Å². The Bertz CT molecular complexity index is 533. The van der Waals surface area contributed by atoms with Crippen molar-refractivity contribution in [2.24, 2.45) is 0 Å². The van der Waals surface area contributed by atoms with Gasteiger partial charge in [0, 0.05) is 6.20 Å². The number of pyridine rings is 1. The second kappa shape index (κ2) is 3.55. The molecule has 0 saturated carbocycles. The molecule has 2 aromatic rings. The van der Waals surface area contributed by atoms with Crippen LogP contribution in [0.3, 0.4) is 0 Å². The third-order valence-corrected chi connectivity index (χ3v) is 2.48. The molecule has 4 nitrogen and oxygen atoms in total. The number of carbonyl (C=O) groups is 1. The Kier molecular flexibility index (Phi) is 2.36. The number of nitrogens with zero attached hydrogens (tertiary/aromatic N) is 2. The molecule has 5 heteroatoms. The Hall–Kier alpha value is -1.55. The highest BCUT2D eigenvalue weighted by Gasteiger charge is 2.12. The number of imidazole rings is 1. The topological polar surface area (TPSA) is 54.6 Å². The average Bonchev–Trinajstić information content (AvgIpc) is 2.44. The van der Waals surface area contributed by atoms with Crippen LogP contribution in [0.4, 0.5) is 0 Å². The van der Waals surface area contributed by atoms with E-state index in [-0.39, 0.29) is 6.42 Å². The van der Waals surface area contributed by atoms with Gasteiger partial charge in [0.15, 0.2) is 0 Å². The normalized spacial score (nSPS) is 10.8. The molecule has 78 valence electrons. The van der Waals surface area contributed by atoms with Crippen molar-refractivity contribution >= 4 is 23.1 Å². The van der Waals surface area contributed by atoms with Gasteiger partial charge in [-0.15, -0.1) is 0 Å². The first-order chi connectivity index (χ1) is 7.09. The third-order valence-electron chi connectivity index (χ3n) is 2.17. The third kappa shape index (κ3) is 1.68. The lowest BCUT2D eigenvalue weighted by atomic mass is 10.3. The van der Waals surface area contributed by atoms with Crippen LogP contribution in [0.25, 0.3) is 5.52 Å². The summed E-state index contributed by atoms with van der Waals surface area (Å²) in [5.74, 6) is -0.403. The van der Waals surface area contributed by atoms with E-state index in [1.54, 1.807) is 22.7 Å². The molecule has 1 N–H and O–H groups in total. The number of hydrogen-bond acceptors (Lipinski definition) is 2. The van der Waals surface area contributed by atoms with Crippen molar-refractivity contribution in [3.05, 3.63) is 34.9 Å². The lowest BCUT2D eigenvalue weighted by Crippen LogP contribution is -2.04. The monoisotopic (exact) mass is 224 g/mol. The quantitative estimate of drug-likeness (QED) is 0.848. The zero-order valence-corrected chi connectivity index (χ0v) is 8.82. The Morgan fingerprint density at radius 2 is 2.40 bits per heavy atom. The van der Waals surface area contributed by atoms with E-state index in [4.69, 9.17) is 16.7 Å². The van der Waals surface area contributed by atoms with E-state index >= 15 is 0 Å². The van der Waals surface area contributed by atoms with Crippen LogP contribution in [0.2, 0.25) is 5.02 Å². The molecule has 0 aromatic carbocycles. The van der Waals surface area contributed by atoms with E-state index in [1.165, 1.54) is 0 Å². The minimum Gasteiger partial charge on any atom is -0.481 e. The molecule has 2 rings (SSSR count). The zero-order valence-electron chi connectivity index (χ0n) is 8.07. The van der Waals surface area contributed by atoms with E-state index in [2.05, 4.69) is 4.98 Å². The largest absolute Gasteiger partial charge is 0.481 e. The Morgan fingerprint density at radius 3 is 3.07 bits per heavy atom. The van der Waals surface area contributed by atoms with Crippen molar-refractivity contribution in [1.29, 1.82) is 0 Å². The van der Waals surface area contributed by atoms with Crippen molar-refractivity contribution in [2.45, 2.75) is 13.3 Å². The fraction of sp³-hybridized carbons (Fsp3) is 0.200. The minimum atomic E-state index is -0.901. The first kappa shape index (κ1) is 9.98. The fourth-order valence-corrected chi connectivity index (χ4v) is 1.91. The molecule has 0 fully saturated rings. The van der Waals surface area contributed by atoms with Gasteiger partial charge >= 0.3 is 5.97 Å². The van der Waals surface area contributed by atoms with Crippen LogP contribution in [0, 0.1) is 6.92 Å². The molecule has 0 atom stereocenters. The summed E-state index contributed by atoms with van der Waals surface area (Å²) in [7, 11) is 0. The molecule has 0 unspecified atom stereocenters. The van der Waals surface area contributed by atoms with Crippen LogP contribution in [0.1, 0.15) is 11.5 Å². The summed E-state index contributed by atoms with van der Waals surface area (Å²) in [5, 5.41) is 9.30. The van der Waals surface area contributed by atoms with Gasteiger partial charge in [-0.05, 0) is 19.1 Å². The summed E-state index contributed by atoms with van der Waals surface area (Å²) in [6.45, 7) is 1.81. The van der Waals surface area contributed by atoms with Gasteiger partial charge in [0.05, 0.1) is 16.2 Å². The lowest BCUT2D eigenvalue weighted by molar-refractivity contribution is -0.136. The number of hydrogen-bond donors (Lipinski definition) is 1. The van der Waals surface area contributed by atoms with Crippen molar-refractivity contribution in [3.63, 3.8) is 0 Å². The number of carboxylic acid groups (broad SMARTS) is 1. The number of rotatable bonds is 2. The van der Waals surface area contributed by atoms with E-state index in [9.17, 15) is 4.79 Å². The standard InChI is InChI=1S/C10H9ClN2O2/c1-6-10-7(11)3-2-4-13(10)8(12-6)5-9(14)15/h2-4H,5H2,1H3,(H,14,15). The van der Waals surface area contributed by atoms with Crippen LogP contribution in [0.15, 0.2) is 18.3 Å². The molecule has 0 saturated heterocycles. The van der Waals surface area contributed by atoms with Gasteiger partial charge in [-0.2, -0.15) is 0 Å². The maximum Gasteiger partial charge on any atom is 0.311 e. The highest BCUT2D eigenvalue weighted by Crippen LogP contribution is 2.21. The molecule has 0 amide bonds. The summed E-state index contributed by atoms with van der Waals surface area (Å²) >= 11 is 6.00. The highest BCUT2D eigenvalue weighted by atomic mass is 35.5. The van der Waals surface area contributed by atoms with E-state index in [0.29, 0.717) is 10.8 Å². The molecule has 0 aliphatic heterocycles. The van der Waals surface area contributed by atoms with Gasteiger partial charge in [0.1, 0.15) is 12.2 Å². The smallest absolute Gasteiger partial charge is 0.311 e. The van der Waals surface area contributed by atoms with Crippen molar-refractivity contribution < 1.29 is 9.90 Å². The zero-order chi connectivity index (χ0) is 11.0. The van der Waals surface area contributed by atoms with Crippen LogP contribution in [-0.2, 0) is 11.2 Å². The number of aromatic nitrogens is 2. The second-order valence-electron chi connectivity index (χ2n) is 3.26. The summed E-state index contributed by atoms with van der Waals surface area (Å²) in [6.07, 6.45) is 1.66. The number of aliphatic carboxylic acids is 1. The molecule has 2 heterocycles. The summed E-state index contributed by atoms with van der Waals surface area (Å²) in [5.41, 5.74) is 1.52. The van der Waals surface area contributed by atoms with Crippen molar-refractivity contribution in [1.82, 2.24) is 9.38 Å². The van der Waals surface area contributed by atoms with Crippen LogP contribution < -0.4 is 0 Å². The first-order valence-corrected chi connectivity index (χ1v) is 4.81. The predicted octanol–water partition coefficient (Wildman–Crippen LogP) is 1.92. The number of carboxylic acids is 1. The van der Waals surface area contributed by atoms with Gasteiger partial charge in [0.25, 0.3) is 0 Å². The molecule has 2 aromatic heterocycles. The van der Waals surface area contributed by atoms with E-state index in [1.807, 2.05) is 6.92 Å². The fourth-order valence-electron chi connectivity index (χ4n) is 1.60. The number of aryl methyl sites for hydroxylation is 1. The SMILES string of the molecule is Cc1nc(CC(=O)O)n2cccc(Cl)c12. The maximum absolute atomic E-state index is 10.6. The molecular weight excluding hydrogens is 216 g/mol. The minimum absolute atomic E-state index is 0.102. The maximum atomic E-state index is 10.6. The van der Waals surface area contributed by atoms with Crippen LogP contribution in [0.5, 0.6) is 0 Å². The molecule has 15 heavy (non-hydrogen) atoms. The van der Waals surface area contributed by atoms with E-state index < -0.39 is 5.97 Å². The molecule has 0 radical (unpaired) electrons. The van der Waals surface area contributed by atoms with Crippen LogP contribution in [-0.4, -0.2) is 20.5 Å². The van der Waals surface area contributed by atoms with Crippen molar-refractivity contribution in [2.75, 3.05) is 0 Å². The Morgan fingerprint density at radius 1 is 1.67 bits per heavy atom. The molecular formula is C10H9ClN2O2. The van der Waals surface area contributed by atoms with Gasteiger partial charge in [-0.3, -0.25) is 4.79 Å².